The minimum absolute atomic E-state index is 0.0515. The van der Waals surface area contributed by atoms with Gasteiger partial charge in [0.15, 0.2) is 0 Å². The molecule has 0 spiro atoms. The smallest absolute Gasteiger partial charge is 0.227 e. The molecule has 1 atom stereocenters. The summed E-state index contributed by atoms with van der Waals surface area (Å²) in [5, 5.41) is 2.88. The van der Waals surface area contributed by atoms with Crippen LogP contribution >= 0.6 is 0 Å². The lowest BCUT2D eigenvalue weighted by molar-refractivity contribution is -0.134. The van der Waals surface area contributed by atoms with Crippen molar-refractivity contribution in [2.24, 2.45) is 11.1 Å². The molecule has 5 nitrogen and oxygen atoms in total. The van der Waals surface area contributed by atoms with Gasteiger partial charge in [-0.25, -0.2) is 0 Å². The van der Waals surface area contributed by atoms with E-state index in [1.807, 2.05) is 27.7 Å². The van der Waals surface area contributed by atoms with Gasteiger partial charge in [-0.3, -0.25) is 4.79 Å². The molecule has 1 amide bonds. The summed E-state index contributed by atoms with van der Waals surface area (Å²) in [4.78, 5) is 12.1. The van der Waals surface area contributed by atoms with Gasteiger partial charge in [0.2, 0.25) is 5.91 Å². The lowest BCUT2D eigenvalue weighted by Gasteiger charge is -2.37. The standard InChI is InChI=1S/C12H24N2O3/c1-11(2,12(3,4)13)10(15)14-7-9-8-16-5-6-17-9/h9H,5-8,13H2,1-4H3,(H,14,15). The molecule has 0 aromatic heterocycles. The number of rotatable bonds is 4. The maximum atomic E-state index is 12.1. The normalized spacial score (nSPS) is 22.3. The monoisotopic (exact) mass is 244 g/mol. The van der Waals surface area contributed by atoms with Gasteiger partial charge in [-0.2, -0.15) is 0 Å². The van der Waals surface area contributed by atoms with Crippen LogP contribution in [-0.2, 0) is 14.3 Å². The molecule has 1 rings (SSSR count). The highest BCUT2D eigenvalue weighted by Gasteiger charge is 2.40. The summed E-state index contributed by atoms with van der Waals surface area (Å²) in [6.45, 7) is 9.63. The number of nitrogens with one attached hydrogen (secondary N) is 1. The molecule has 5 heteroatoms. The van der Waals surface area contributed by atoms with E-state index in [-0.39, 0.29) is 12.0 Å². The SMILES string of the molecule is CC(C)(N)C(C)(C)C(=O)NCC1COCCO1. The molecular formula is C12H24N2O3. The lowest BCUT2D eigenvalue weighted by Crippen LogP contribution is -2.56. The van der Waals surface area contributed by atoms with E-state index in [9.17, 15) is 4.79 Å². The zero-order valence-corrected chi connectivity index (χ0v) is 11.2. The largest absolute Gasteiger partial charge is 0.376 e. The molecule has 3 N–H and O–H groups in total. The number of hydrogen-bond acceptors (Lipinski definition) is 4. The third-order valence-corrected chi connectivity index (χ3v) is 3.55. The maximum absolute atomic E-state index is 12.1. The highest BCUT2D eigenvalue weighted by Crippen LogP contribution is 2.28. The third-order valence-electron chi connectivity index (χ3n) is 3.55. The van der Waals surface area contributed by atoms with Crippen molar-refractivity contribution in [3.8, 4) is 0 Å². The first-order valence-electron chi connectivity index (χ1n) is 6.01. The second kappa shape index (κ2) is 5.33. The summed E-state index contributed by atoms with van der Waals surface area (Å²) < 4.78 is 10.7. The van der Waals surface area contributed by atoms with Crippen molar-refractivity contribution in [3.63, 3.8) is 0 Å². The molecule has 1 heterocycles. The van der Waals surface area contributed by atoms with E-state index in [2.05, 4.69) is 5.32 Å². The Morgan fingerprint density at radius 2 is 2.00 bits per heavy atom. The predicted octanol–water partition coefficient (Wildman–Crippen LogP) is 0.282. The summed E-state index contributed by atoms with van der Waals surface area (Å²) in [7, 11) is 0. The van der Waals surface area contributed by atoms with Crippen LogP contribution in [0.3, 0.4) is 0 Å². The van der Waals surface area contributed by atoms with Crippen molar-refractivity contribution in [2.75, 3.05) is 26.4 Å². The second-order valence-electron chi connectivity index (χ2n) is 5.62. The van der Waals surface area contributed by atoms with E-state index < -0.39 is 11.0 Å². The molecule has 0 radical (unpaired) electrons. The van der Waals surface area contributed by atoms with E-state index in [4.69, 9.17) is 15.2 Å². The molecule has 1 aliphatic rings. The summed E-state index contributed by atoms with van der Waals surface area (Å²) in [6, 6.07) is 0. The Hall–Kier alpha value is -0.650. The number of carbonyl (C=O) groups is 1. The molecule has 0 bridgehead atoms. The molecule has 0 aromatic rings. The Morgan fingerprint density at radius 1 is 1.35 bits per heavy atom. The van der Waals surface area contributed by atoms with Crippen molar-refractivity contribution < 1.29 is 14.3 Å². The fourth-order valence-corrected chi connectivity index (χ4v) is 1.37. The Kier molecular flexibility index (Phi) is 4.52. The fourth-order valence-electron chi connectivity index (χ4n) is 1.37. The number of amides is 1. The van der Waals surface area contributed by atoms with Crippen LogP contribution in [0.1, 0.15) is 27.7 Å². The van der Waals surface area contributed by atoms with Crippen molar-refractivity contribution in [1.29, 1.82) is 0 Å². The number of nitrogens with two attached hydrogens (primary N) is 1. The molecular weight excluding hydrogens is 220 g/mol. The fraction of sp³-hybridized carbons (Fsp3) is 0.917. The molecule has 0 aromatic carbocycles. The van der Waals surface area contributed by atoms with Gasteiger partial charge in [0.05, 0.1) is 31.3 Å². The summed E-state index contributed by atoms with van der Waals surface area (Å²) in [5.74, 6) is -0.0563. The van der Waals surface area contributed by atoms with Gasteiger partial charge in [0.1, 0.15) is 0 Å². The van der Waals surface area contributed by atoms with Crippen LogP contribution in [0.25, 0.3) is 0 Å². The highest BCUT2D eigenvalue weighted by molar-refractivity contribution is 5.83. The second-order valence-corrected chi connectivity index (χ2v) is 5.62. The Labute approximate surface area is 103 Å². The van der Waals surface area contributed by atoms with Crippen LogP contribution in [0.2, 0.25) is 0 Å². The van der Waals surface area contributed by atoms with Crippen LogP contribution in [-0.4, -0.2) is 43.9 Å². The van der Waals surface area contributed by atoms with Gasteiger partial charge in [-0.15, -0.1) is 0 Å². The van der Waals surface area contributed by atoms with Gasteiger partial charge in [-0.1, -0.05) is 0 Å². The summed E-state index contributed by atoms with van der Waals surface area (Å²) >= 11 is 0. The van der Waals surface area contributed by atoms with Gasteiger partial charge in [0, 0.05) is 12.1 Å². The minimum atomic E-state index is -0.622. The molecule has 1 fully saturated rings. The molecule has 0 aliphatic carbocycles. The zero-order chi connectivity index (χ0) is 13.1. The quantitative estimate of drug-likeness (QED) is 0.745. The average Bonchev–Trinajstić information content (AvgIpc) is 2.25. The van der Waals surface area contributed by atoms with Crippen molar-refractivity contribution in [3.05, 3.63) is 0 Å². The molecule has 1 unspecified atom stereocenters. The summed E-state index contributed by atoms with van der Waals surface area (Å²) in [6.07, 6.45) is -0.0515. The van der Waals surface area contributed by atoms with Crippen molar-refractivity contribution >= 4 is 5.91 Å². The topological polar surface area (TPSA) is 73.6 Å². The van der Waals surface area contributed by atoms with E-state index in [0.717, 1.165) is 0 Å². The van der Waals surface area contributed by atoms with Gasteiger partial charge in [0.25, 0.3) is 0 Å². The summed E-state index contributed by atoms with van der Waals surface area (Å²) in [5.41, 5.74) is 4.82. The molecule has 100 valence electrons. The van der Waals surface area contributed by atoms with E-state index in [1.165, 1.54) is 0 Å². The lowest BCUT2D eigenvalue weighted by atomic mass is 9.74. The predicted molar refractivity (Wildman–Crippen MR) is 65.6 cm³/mol. The van der Waals surface area contributed by atoms with Crippen molar-refractivity contribution in [2.45, 2.75) is 39.3 Å². The van der Waals surface area contributed by atoms with Crippen LogP contribution in [0, 0.1) is 5.41 Å². The van der Waals surface area contributed by atoms with Crippen LogP contribution < -0.4 is 11.1 Å². The number of carbonyl (C=O) groups excluding carboxylic acids is 1. The van der Waals surface area contributed by atoms with E-state index >= 15 is 0 Å². The Balaban J connectivity index is 2.43. The van der Waals surface area contributed by atoms with Gasteiger partial charge < -0.3 is 20.5 Å². The van der Waals surface area contributed by atoms with E-state index in [1.54, 1.807) is 0 Å². The highest BCUT2D eigenvalue weighted by atomic mass is 16.6. The average molecular weight is 244 g/mol. The van der Waals surface area contributed by atoms with Crippen molar-refractivity contribution in [1.82, 2.24) is 5.32 Å². The molecule has 0 saturated carbocycles. The van der Waals surface area contributed by atoms with Gasteiger partial charge in [-0.05, 0) is 27.7 Å². The van der Waals surface area contributed by atoms with Gasteiger partial charge >= 0.3 is 0 Å². The number of hydrogen-bond donors (Lipinski definition) is 2. The Morgan fingerprint density at radius 3 is 2.47 bits per heavy atom. The first kappa shape index (κ1) is 14.4. The van der Waals surface area contributed by atoms with Crippen LogP contribution in [0.4, 0.5) is 0 Å². The van der Waals surface area contributed by atoms with E-state index in [0.29, 0.717) is 26.4 Å². The third kappa shape index (κ3) is 3.66. The maximum Gasteiger partial charge on any atom is 0.227 e. The first-order valence-corrected chi connectivity index (χ1v) is 6.01. The zero-order valence-electron chi connectivity index (χ0n) is 11.2. The molecule has 1 saturated heterocycles. The molecule has 1 aliphatic heterocycles. The van der Waals surface area contributed by atoms with Crippen LogP contribution in [0.5, 0.6) is 0 Å². The minimum Gasteiger partial charge on any atom is -0.376 e. The molecule has 17 heavy (non-hydrogen) atoms. The Bertz CT molecular complexity index is 265. The number of ether oxygens (including phenoxy) is 2. The van der Waals surface area contributed by atoms with Crippen LogP contribution in [0.15, 0.2) is 0 Å². The first-order chi connectivity index (χ1) is 7.75.